The summed E-state index contributed by atoms with van der Waals surface area (Å²) in [7, 11) is 2.33. The number of alkyl halides is 2. The number of hydrogen-bond acceptors (Lipinski definition) is 7. The second-order valence-corrected chi connectivity index (χ2v) is 4.89. The van der Waals surface area contributed by atoms with Crippen LogP contribution in [0.4, 0.5) is 14.5 Å². The van der Waals surface area contributed by atoms with E-state index in [1.54, 1.807) is 18.2 Å². The summed E-state index contributed by atoms with van der Waals surface area (Å²) in [5.41, 5.74) is 0.155. The number of carbonyl (C=O) groups is 2. The van der Waals surface area contributed by atoms with Crippen LogP contribution in [-0.2, 0) is 23.8 Å². The highest BCUT2D eigenvalue weighted by atomic mass is 19.3. The third-order valence-corrected chi connectivity index (χ3v) is 3.35. The summed E-state index contributed by atoms with van der Waals surface area (Å²) < 4.78 is 44.8. The van der Waals surface area contributed by atoms with Gasteiger partial charge < -0.3 is 23.8 Å². The molecule has 1 aromatic rings. The van der Waals surface area contributed by atoms with Crippen molar-refractivity contribution in [2.75, 3.05) is 39.1 Å². The lowest BCUT2D eigenvalue weighted by Crippen LogP contribution is -2.39. The number of nitrogens with zero attached hydrogens (tertiary/aromatic N) is 1. The monoisotopic (exact) mass is 357 g/mol. The Labute approximate surface area is 142 Å². The summed E-state index contributed by atoms with van der Waals surface area (Å²) in [6.45, 7) is -1.06. The van der Waals surface area contributed by atoms with Gasteiger partial charge in [0.2, 0.25) is 0 Å². The van der Waals surface area contributed by atoms with Crippen LogP contribution in [0.5, 0.6) is 5.75 Å². The Morgan fingerprint density at radius 3 is 2.52 bits per heavy atom. The molecular formula is C16H17F2NO6. The Kier molecular flexibility index (Phi) is 6.29. The summed E-state index contributed by atoms with van der Waals surface area (Å²) >= 11 is 0. The van der Waals surface area contributed by atoms with Gasteiger partial charge in [-0.05, 0) is 12.1 Å². The van der Waals surface area contributed by atoms with Crippen LogP contribution in [0.15, 0.2) is 35.5 Å². The molecule has 1 aliphatic heterocycles. The highest BCUT2D eigenvalue weighted by Gasteiger charge is 2.33. The minimum absolute atomic E-state index is 0.0377. The van der Waals surface area contributed by atoms with Crippen LogP contribution in [-0.4, -0.2) is 52.5 Å². The number of halogens is 2. The predicted molar refractivity (Wildman–Crippen MR) is 82.3 cm³/mol. The van der Waals surface area contributed by atoms with Crippen LogP contribution in [0.25, 0.3) is 0 Å². The molecule has 1 heterocycles. The number of carbonyl (C=O) groups excluding carboxylic acids is 2. The molecule has 1 aromatic carbocycles. The average Bonchev–Trinajstić information content (AvgIpc) is 2.64. The van der Waals surface area contributed by atoms with Crippen molar-refractivity contribution in [1.82, 2.24) is 0 Å². The van der Waals surface area contributed by atoms with E-state index in [4.69, 9.17) is 14.2 Å². The first-order valence-corrected chi connectivity index (χ1v) is 7.24. The van der Waals surface area contributed by atoms with E-state index in [1.807, 2.05) is 0 Å². The van der Waals surface area contributed by atoms with Crippen LogP contribution in [0.1, 0.15) is 0 Å². The van der Waals surface area contributed by atoms with Crippen LogP contribution in [0.2, 0.25) is 0 Å². The summed E-state index contributed by atoms with van der Waals surface area (Å²) in [5.74, 6) is -1.43. The molecule has 0 N–H and O–H groups in total. The van der Waals surface area contributed by atoms with Gasteiger partial charge in [-0.15, -0.1) is 0 Å². The molecule has 0 unspecified atom stereocenters. The van der Waals surface area contributed by atoms with Gasteiger partial charge in [-0.3, -0.25) is 0 Å². The summed E-state index contributed by atoms with van der Waals surface area (Å²) in [5, 5.41) is 0. The van der Waals surface area contributed by atoms with E-state index < -0.39 is 25.0 Å². The maximum Gasteiger partial charge on any atom is 0.355 e. The molecule has 7 nitrogen and oxygen atoms in total. The van der Waals surface area contributed by atoms with E-state index in [1.165, 1.54) is 18.1 Å². The number of anilines is 1. The quantitative estimate of drug-likeness (QED) is 0.718. The van der Waals surface area contributed by atoms with Crippen molar-refractivity contribution in [3.63, 3.8) is 0 Å². The molecule has 2 rings (SSSR count). The summed E-state index contributed by atoms with van der Waals surface area (Å²) in [4.78, 5) is 25.5. The van der Waals surface area contributed by atoms with Gasteiger partial charge in [-0.25, -0.2) is 18.4 Å². The molecule has 0 saturated carbocycles. The molecule has 9 heteroatoms. The fraction of sp³-hybridized carbons (Fsp3) is 0.375. The number of esters is 2. The van der Waals surface area contributed by atoms with Gasteiger partial charge >= 0.3 is 11.9 Å². The van der Waals surface area contributed by atoms with Crippen molar-refractivity contribution in [2.24, 2.45) is 0 Å². The van der Waals surface area contributed by atoms with E-state index in [0.717, 1.165) is 7.11 Å². The highest BCUT2D eigenvalue weighted by Crippen LogP contribution is 2.34. The second-order valence-electron chi connectivity index (χ2n) is 4.89. The van der Waals surface area contributed by atoms with Crippen molar-refractivity contribution < 1.29 is 37.3 Å². The molecule has 0 amide bonds. The molecular weight excluding hydrogens is 340 g/mol. The van der Waals surface area contributed by atoms with E-state index >= 15 is 0 Å². The zero-order valence-electron chi connectivity index (χ0n) is 13.7. The lowest BCUT2D eigenvalue weighted by Gasteiger charge is -2.32. The van der Waals surface area contributed by atoms with Crippen LogP contribution in [0, 0.1) is 0 Å². The zero-order valence-corrected chi connectivity index (χ0v) is 13.7. The Morgan fingerprint density at radius 2 is 1.88 bits per heavy atom. The topological polar surface area (TPSA) is 74.3 Å². The molecule has 0 radical (unpaired) electrons. The number of hydrogen-bond donors (Lipinski definition) is 0. The minimum Gasteiger partial charge on any atom is -0.485 e. The standard InChI is InChI=1S/C16H17F2NO6/c1-22-15(20)10-7-24-9-19(14(10)16(21)23-2)11-5-3-4-6-12(11)25-8-13(17)18/h3-6,13H,7-9H2,1-2H3. The fourth-order valence-corrected chi connectivity index (χ4v) is 2.29. The van der Waals surface area contributed by atoms with E-state index in [0.29, 0.717) is 0 Å². The second kappa shape index (κ2) is 8.43. The Morgan fingerprint density at radius 1 is 1.20 bits per heavy atom. The number of ether oxygens (including phenoxy) is 4. The third kappa shape index (κ3) is 4.24. The smallest absolute Gasteiger partial charge is 0.355 e. The van der Waals surface area contributed by atoms with Gasteiger partial charge in [0.05, 0.1) is 32.1 Å². The van der Waals surface area contributed by atoms with Crippen molar-refractivity contribution in [2.45, 2.75) is 6.43 Å². The van der Waals surface area contributed by atoms with Crippen LogP contribution >= 0.6 is 0 Å². The molecule has 0 spiro atoms. The molecule has 25 heavy (non-hydrogen) atoms. The van der Waals surface area contributed by atoms with Crippen molar-refractivity contribution in [3.8, 4) is 5.75 Å². The van der Waals surface area contributed by atoms with E-state index in [-0.39, 0.29) is 36.0 Å². The summed E-state index contributed by atoms with van der Waals surface area (Å²) in [6, 6.07) is 6.25. The molecule has 0 aromatic heterocycles. The first-order valence-electron chi connectivity index (χ1n) is 7.24. The largest absolute Gasteiger partial charge is 0.485 e. The molecule has 0 aliphatic carbocycles. The minimum atomic E-state index is -2.66. The van der Waals surface area contributed by atoms with E-state index in [2.05, 4.69) is 4.74 Å². The maximum atomic E-state index is 12.5. The molecule has 136 valence electrons. The first-order chi connectivity index (χ1) is 12.0. The van der Waals surface area contributed by atoms with Gasteiger partial charge in [0.25, 0.3) is 6.43 Å². The molecule has 0 saturated heterocycles. The van der Waals surface area contributed by atoms with Crippen LogP contribution in [0.3, 0.4) is 0 Å². The fourth-order valence-electron chi connectivity index (χ4n) is 2.29. The zero-order chi connectivity index (χ0) is 18.4. The molecule has 0 fully saturated rings. The number of benzene rings is 1. The van der Waals surface area contributed by atoms with Gasteiger partial charge in [-0.2, -0.15) is 0 Å². The molecule has 0 atom stereocenters. The number of para-hydroxylation sites is 2. The van der Waals surface area contributed by atoms with Crippen molar-refractivity contribution in [3.05, 3.63) is 35.5 Å². The van der Waals surface area contributed by atoms with Gasteiger partial charge in [0, 0.05) is 0 Å². The normalized spacial score (nSPS) is 14.5. The van der Waals surface area contributed by atoms with Crippen molar-refractivity contribution >= 4 is 17.6 Å². The Bertz CT molecular complexity index is 676. The maximum absolute atomic E-state index is 12.5. The summed E-state index contributed by atoms with van der Waals surface area (Å²) in [6.07, 6.45) is -2.66. The Hall–Kier alpha value is -2.68. The van der Waals surface area contributed by atoms with E-state index in [9.17, 15) is 18.4 Å². The number of methoxy groups -OCH3 is 2. The third-order valence-electron chi connectivity index (χ3n) is 3.35. The SMILES string of the molecule is COC(=O)C1=C(C(=O)OC)N(c2ccccc2OCC(F)F)COC1. The predicted octanol–water partition coefficient (Wildman–Crippen LogP) is 1.72. The first kappa shape index (κ1) is 18.7. The molecule has 0 bridgehead atoms. The lowest BCUT2D eigenvalue weighted by atomic mass is 10.1. The van der Waals surface area contributed by atoms with Crippen molar-refractivity contribution in [1.29, 1.82) is 0 Å². The van der Waals surface area contributed by atoms with Crippen LogP contribution < -0.4 is 9.64 Å². The van der Waals surface area contributed by atoms with Gasteiger partial charge in [0.1, 0.15) is 24.8 Å². The lowest BCUT2D eigenvalue weighted by molar-refractivity contribution is -0.140. The molecule has 1 aliphatic rings. The Balaban J connectivity index is 2.49. The number of rotatable bonds is 6. The average molecular weight is 357 g/mol. The van der Waals surface area contributed by atoms with Gasteiger partial charge in [0.15, 0.2) is 0 Å². The highest BCUT2D eigenvalue weighted by molar-refractivity contribution is 6.03. The van der Waals surface area contributed by atoms with Gasteiger partial charge in [-0.1, -0.05) is 12.1 Å².